The zero-order valence-corrected chi connectivity index (χ0v) is 7.53. The summed E-state index contributed by atoms with van der Waals surface area (Å²) >= 11 is 0. The average Bonchev–Trinajstić information content (AvgIpc) is 2.12. The summed E-state index contributed by atoms with van der Waals surface area (Å²) in [5, 5.41) is 9.74. The largest absolute Gasteiger partial charge is 0.392 e. The highest BCUT2D eigenvalue weighted by Crippen LogP contribution is 2.37. The van der Waals surface area contributed by atoms with Crippen LogP contribution >= 0.6 is 0 Å². The van der Waals surface area contributed by atoms with E-state index in [1.807, 2.05) is 0 Å². The highest BCUT2D eigenvalue weighted by Gasteiger charge is 2.31. The van der Waals surface area contributed by atoms with Crippen LogP contribution in [0.1, 0.15) is 26.2 Å². The number of rotatable bonds is 0. The lowest BCUT2D eigenvalue weighted by Crippen LogP contribution is -2.32. The fourth-order valence-corrected chi connectivity index (χ4v) is 2.39. The van der Waals surface area contributed by atoms with Gasteiger partial charge in [0.25, 0.3) is 0 Å². The molecule has 0 saturated heterocycles. The Labute approximate surface area is 73.8 Å². The molecule has 66 valence electrons. The summed E-state index contributed by atoms with van der Waals surface area (Å²) in [5.41, 5.74) is 1.45. The summed E-state index contributed by atoms with van der Waals surface area (Å²) in [7, 11) is 0. The van der Waals surface area contributed by atoms with Crippen LogP contribution in [-0.2, 0) is 0 Å². The van der Waals surface area contributed by atoms with Gasteiger partial charge in [0.1, 0.15) is 0 Å². The van der Waals surface area contributed by atoms with E-state index in [1.165, 1.54) is 5.57 Å². The molecule has 0 bridgehead atoms. The number of allylic oxidation sites excluding steroid dienone is 3. The lowest BCUT2D eigenvalue weighted by Gasteiger charge is -2.35. The molecule has 1 nitrogen and oxygen atoms in total. The first-order valence-corrected chi connectivity index (χ1v) is 4.80. The Kier molecular flexibility index (Phi) is 2.05. The van der Waals surface area contributed by atoms with E-state index in [2.05, 4.69) is 25.2 Å². The second-order valence-electron chi connectivity index (χ2n) is 3.95. The van der Waals surface area contributed by atoms with Gasteiger partial charge in [0.15, 0.2) is 0 Å². The van der Waals surface area contributed by atoms with Crippen LogP contribution in [0.4, 0.5) is 0 Å². The molecule has 0 amide bonds. The van der Waals surface area contributed by atoms with Gasteiger partial charge < -0.3 is 5.11 Å². The van der Waals surface area contributed by atoms with Crippen LogP contribution in [-0.4, -0.2) is 11.2 Å². The molecular formula is C11H16O. The van der Waals surface area contributed by atoms with Crippen molar-refractivity contribution < 1.29 is 5.11 Å². The van der Waals surface area contributed by atoms with Crippen molar-refractivity contribution in [2.75, 3.05) is 0 Å². The summed E-state index contributed by atoms with van der Waals surface area (Å²) in [6.45, 7) is 2.18. The summed E-state index contributed by atoms with van der Waals surface area (Å²) in [6.07, 6.45) is 9.77. The fraction of sp³-hybridized carbons (Fsp3) is 0.636. The summed E-state index contributed by atoms with van der Waals surface area (Å²) in [5.74, 6) is 1.03. The third-order valence-corrected chi connectivity index (χ3v) is 3.17. The van der Waals surface area contributed by atoms with E-state index in [-0.39, 0.29) is 6.10 Å². The minimum atomic E-state index is -0.0938. The molecule has 0 heterocycles. The van der Waals surface area contributed by atoms with E-state index >= 15 is 0 Å². The van der Waals surface area contributed by atoms with Crippen LogP contribution in [0.5, 0.6) is 0 Å². The molecule has 2 aliphatic carbocycles. The Morgan fingerprint density at radius 3 is 3.08 bits per heavy atom. The Hall–Kier alpha value is -0.560. The van der Waals surface area contributed by atoms with E-state index < -0.39 is 0 Å². The van der Waals surface area contributed by atoms with E-state index in [0.717, 1.165) is 19.3 Å². The lowest BCUT2D eigenvalue weighted by molar-refractivity contribution is 0.0785. The summed E-state index contributed by atoms with van der Waals surface area (Å²) < 4.78 is 0. The van der Waals surface area contributed by atoms with E-state index in [4.69, 9.17) is 0 Å². The van der Waals surface area contributed by atoms with Crippen LogP contribution in [0.2, 0.25) is 0 Å². The normalized spacial score (nSPS) is 40.5. The minimum Gasteiger partial charge on any atom is -0.392 e. The van der Waals surface area contributed by atoms with Gasteiger partial charge in [-0.15, -0.1) is 0 Å². The predicted octanol–water partition coefficient (Wildman–Crippen LogP) is 2.28. The molecule has 1 heteroatoms. The van der Waals surface area contributed by atoms with Gasteiger partial charge in [-0.3, -0.25) is 0 Å². The SMILES string of the molecule is CC1=CCC(O)[C@H]2CCC=C[C@@H]12. The number of hydrogen-bond acceptors (Lipinski definition) is 1. The molecular weight excluding hydrogens is 148 g/mol. The molecule has 2 rings (SSSR count). The summed E-state index contributed by atoms with van der Waals surface area (Å²) in [4.78, 5) is 0. The highest BCUT2D eigenvalue weighted by atomic mass is 16.3. The van der Waals surface area contributed by atoms with Crippen LogP contribution in [0.25, 0.3) is 0 Å². The maximum Gasteiger partial charge on any atom is 0.0611 e. The second-order valence-corrected chi connectivity index (χ2v) is 3.95. The van der Waals surface area contributed by atoms with Crippen molar-refractivity contribution in [3.05, 3.63) is 23.8 Å². The minimum absolute atomic E-state index is 0.0938. The average molecular weight is 164 g/mol. The molecule has 0 aromatic rings. The monoisotopic (exact) mass is 164 g/mol. The Morgan fingerprint density at radius 1 is 1.50 bits per heavy atom. The molecule has 0 spiro atoms. The molecule has 0 aliphatic heterocycles. The third kappa shape index (κ3) is 1.22. The maximum absolute atomic E-state index is 9.74. The number of aliphatic hydroxyl groups excluding tert-OH is 1. The first-order chi connectivity index (χ1) is 5.79. The van der Waals surface area contributed by atoms with Crippen LogP contribution in [0.3, 0.4) is 0 Å². The smallest absolute Gasteiger partial charge is 0.0611 e. The Balaban J connectivity index is 2.26. The number of hydrogen-bond donors (Lipinski definition) is 1. The van der Waals surface area contributed by atoms with Gasteiger partial charge in [-0.25, -0.2) is 0 Å². The van der Waals surface area contributed by atoms with E-state index in [1.54, 1.807) is 0 Å². The maximum atomic E-state index is 9.74. The van der Waals surface area contributed by atoms with Crippen molar-refractivity contribution in [3.63, 3.8) is 0 Å². The second kappa shape index (κ2) is 3.06. The van der Waals surface area contributed by atoms with Crippen molar-refractivity contribution in [1.82, 2.24) is 0 Å². The van der Waals surface area contributed by atoms with Crippen LogP contribution < -0.4 is 0 Å². The van der Waals surface area contributed by atoms with Crippen molar-refractivity contribution in [1.29, 1.82) is 0 Å². The molecule has 0 radical (unpaired) electrons. The molecule has 0 saturated carbocycles. The molecule has 1 unspecified atom stereocenters. The molecule has 1 N–H and O–H groups in total. The van der Waals surface area contributed by atoms with Crippen LogP contribution in [0.15, 0.2) is 23.8 Å². The van der Waals surface area contributed by atoms with Crippen molar-refractivity contribution in [3.8, 4) is 0 Å². The van der Waals surface area contributed by atoms with Crippen LogP contribution in [0, 0.1) is 11.8 Å². The quantitative estimate of drug-likeness (QED) is 0.544. The zero-order valence-electron chi connectivity index (χ0n) is 7.53. The molecule has 3 atom stereocenters. The van der Waals surface area contributed by atoms with Gasteiger partial charge in [-0.05, 0) is 32.1 Å². The van der Waals surface area contributed by atoms with Gasteiger partial charge in [0, 0.05) is 5.92 Å². The topological polar surface area (TPSA) is 20.2 Å². The molecule has 0 aromatic carbocycles. The first-order valence-electron chi connectivity index (χ1n) is 4.80. The van der Waals surface area contributed by atoms with E-state index in [9.17, 15) is 5.11 Å². The molecule has 2 aliphatic rings. The molecule has 0 fully saturated rings. The summed E-state index contributed by atoms with van der Waals surface area (Å²) in [6, 6.07) is 0. The van der Waals surface area contributed by atoms with Crippen molar-refractivity contribution >= 4 is 0 Å². The Morgan fingerprint density at radius 2 is 2.33 bits per heavy atom. The highest BCUT2D eigenvalue weighted by molar-refractivity contribution is 5.19. The van der Waals surface area contributed by atoms with Gasteiger partial charge in [0.05, 0.1) is 6.10 Å². The first kappa shape index (κ1) is 8.06. The lowest BCUT2D eigenvalue weighted by atomic mass is 9.72. The van der Waals surface area contributed by atoms with Crippen molar-refractivity contribution in [2.24, 2.45) is 11.8 Å². The predicted molar refractivity (Wildman–Crippen MR) is 49.7 cm³/mol. The van der Waals surface area contributed by atoms with Gasteiger partial charge in [-0.2, -0.15) is 0 Å². The fourth-order valence-electron chi connectivity index (χ4n) is 2.39. The van der Waals surface area contributed by atoms with Gasteiger partial charge in [-0.1, -0.05) is 23.8 Å². The third-order valence-electron chi connectivity index (χ3n) is 3.17. The molecule has 12 heavy (non-hydrogen) atoms. The number of aliphatic hydroxyl groups is 1. The molecule has 0 aromatic heterocycles. The van der Waals surface area contributed by atoms with Gasteiger partial charge in [0.2, 0.25) is 0 Å². The van der Waals surface area contributed by atoms with E-state index in [0.29, 0.717) is 11.8 Å². The van der Waals surface area contributed by atoms with Gasteiger partial charge >= 0.3 is 0 Å². The standard InChI is InChI=1S/C11H16O/c1-8-6-7-11(12)10-5-3-2-4-9(8)10/h2,4,6,9-12H,3,5,7H2,1H3/t9-,10-,11?/m0/s1. The number of fused-ring (bicyclic) bond motifs is 1. The van der Waals surface area contributed by atoms with Crippen molar-refractivity contribution in [2.45, 2.75) is 32.3 Å². The Bertz CT molecular complexity index is 227. The zero-order chi connectivity index (χ0) is 8.55.